The number of imidazole rings is 1. The minimum Gasteiger partial charge on any atom is -0.435 e. The van der Waals surface area contributed by atoms with Crippen LogP contribution in [-0.2, 0) is 6.54 Å². The van der Waals surface area contributed by atoms with E-state index in [0.29, 0.717) is 0 Å². The van der Waals surface area contributed by atoms with Gasteiger partial charge in [-0.15, -0.1) is 0 Å². The number of fused-ring (bicyclic) bond motifs is 1. The molecule has 4 rings (SSSR count). The average Bonchev–Trinajstić information content (AvgIpc) is 3.02. The topological polar surface area (TPSA) is 18.0 Å². The van der Waals surface area contributed by atoms with Gasteiger partial charge >= 0.3 is 11.8 Å². The summed E-state index contributed by atoms with van der Waals surface area (Å²) >= 11 is 1.84. The Morgan fingerprint density at radius 2 is 1.80 bits per heavy atom. The van der Waals surface area contributed by atoms with Crippen molar-refractivity contribution in [3.63, 3.8) is 0 Å². The molecule has 0 aliphatic carbocycles. The molecular weight excluding hydrogens is 342 g/mol. The molecule has 3 nitrogen and oxygen atoms in total. The van der Waals surface area contributed by atoms with E-state index in [1.54, 1.807) is 12.1 Å². The molecule has 0 atom stereocenters. The van der Waals surface area contributed by atoms with Crippen molar-refractivity contribution >= 4 is 11.8 Å². The zero-order valence-corrected chi connectivity index (χ0v) is 14.3. The Labute approximate surface area is 148 Å². The minimum atomic E-state index is -2.81. The van der Waals surface area contributed by atoms with Gasteiger partial charge in [0.1, 0.15) is 17.6 Å². The quantitative estimate of drug-likeness (QED) is 0.637. The highest BCUT2D eigenvalue weighted by Gasteiger charge is 2.28. The van der Waals surface area contributed by atoms with E-state index in [4.69, 9.17) is 0 Å². The molecule has 0 fully saturated rings. The van der Waals surface area contributed by atoms with Gasteiger partial charge in [0, 0.05) is 11.3 Å². The van der Waals surface area contributed by atoms with Gasteiger partial charge in [-0.3, -0.25) is 0 Å². The van der Waals surface area contributed by atoms with Crippen LogP contribution in [0.25, 0.3) is 16.9 Å². The lowest BCUT2D eigenvalue weighted by molar-refractivity contribution is -0.734. The number of thioether (sulfide) groups is 1. The average molecular weight is 359 g/mol. The summed E-state index contributed by atoms with van der Waals surface area (Å²) in [4.78, 5) is 0. The number of para-hydroxylation sites is 1. The van der Waals surface area contributed by atoms with Crippen LogP contribution in [0.5, 0.6) is 5.75 Å². The van der Waals surface area contributed by atoms with E-state index in [1.165, 1.54) is 5.16 Å². The molecule has 0 bridgehead atoms. The number of hydrogen-bond acceptors (Lipinski definition) is 2. The van der Waals surface area contributed by atoms with Crippen molar-refractivity contribution in [3.8, 4) is 22.7 Å². The highest BCUT2D eigenvalue weighted by Crippen LogP contribution is 2.31. The van der Waals surface area contributed by atoms with Gasteiger partial charge in [0.15, 0.2) is 5.69 Å². The number of nitrogens with zero attached hydrogens (tertiary/aromatic N) is 2. The number of aryl methyl sites for hydroxylation is 1. The molecule has 128 valence electrons. The predicted molar refractivity (Wildman–Crippen MR) is 93.4 cm³/mol. The largest absolute Gasteiger partial charge is 0.435 e. The van der Waals surface area contributed by atoms with Crippen molar-refractivity contribution in [2.24, 2.45) is 0 Å². The van der Waals surface area contributed by atoms with Crippen molar-refractivity contribution in [2.45, 2.75) is 24.7 Å². The molecule has 0 saturated carbocycles. The molecule has 0 unspecified atom stereocenters. The Bertz CT molecular complexity index is 863. The summed E-state index contributed by atoms with van der Waals surface area (Å²) in [6.07, 6.45) is 3.28. The van der Waals surface area contributed by atoms with Gasteiger partial charge in [-0.25, -0.2) is 4.57 Å². The molecule has 1 aliphatic heterocycles. The SMILES string of the molecule is FC(F)Oc1ccc(-c2c[n+]3c(n2-c2ccccc2)SCCC3)cc1. The third kappa shape index (κ3) is 3.26. The summed E-state index contributed by atoms with van der Waals surface area (Å²) < 4.78 is 33.6. The Hall–Kier alpha value is -2.34. The molecule has 1 aromatic heterocycles. The first-order valence-electron chi connectivity index (χ1n) is 8.11. The first-order chi connectivity index (χ1) is 12.2. The number of rotatable bonds is 4. The van der Waals surface area contributed by atoms with E-state index >= 15 is 0 Å². The van der Waals surface area contributed by atoms with Crippen LogP contribution in [0, 0.1) is 0 Å². The monoisotopic (exact) mass is 359 g/mol. The maximum atomic E-state index is 12.4. The van der Waals surface area contributed by atoms with Crippen LogP contribution < -0.4 is 9.30 Å². The van der Waals surface area contributed by atoms with E-state index in [2.05, 4.69) is 32.2 Å². The molecule has 2 heterocycles. The highest BCUT2D eigenvalue weighted by atomic mass is 32.2. The summed E-state index contributed by atoms with van der Waals surface area (Å²) in [6.45, 7) is -1.82. The summed E-state index contributed by atoms with van der Waals surface area (Å²) in [5.74, 6) is 1.26. The molecule has 6 heteroatoms. The first-order valence-corrected chi connectivity index (χ1v) is 9.09. The number of halogens is 2. The number of benzene rings is 2. The molecule has 3 aromatic rings. The lowest BCUT2D eigenvalue weighted by Crippen LogP contribution is -2.37. The smallest absolute Gasteiger partial charge is 0.387 e. The van der Waals surface area contributed by atoms with Gasteiger partial charge in [-0.1, -0.05) is 18.2 Å². The number of alkyl halides is 2. The van der Waals surface area contributed by atoms with E-state index in [0.717, 1.165) is 35.7 Å². The van der Waals surface area contributed by atoms with Crippen molar-refractivity contribution in [3.05, 3.63) is 60.8 Å². The van der Waals surface area contributed by atoms with Crippen LogP contribution in [-0.4, -0.2) is 16.9 Å². The maximum Gasteiger partial charge on any atom is 0.387 e. The van der Waals surface area contributed by atoms with Crippen LogP contribution in [0.3, 0.4) is 0 Å². The Balaban J connectivity index is 1.80. The third-order valence-electron chi connectivity index (χ3n) is 4.12. The second-order valence-electron chi connectivity index (χ2n) is 5.77. The lowest BCUT2D eigenvalue weighted by atomic mass is 10.1. The van der Waals surface area contributed by atoms with Crippen LogP contribution in [0.4, 0.5) is 8.78 Å². The molecular formula is C19H17F2N2OS+. The van der Waals surface area contributed by atoms with E-state index in [1.807, 2.05) is 42.1 Å². The normalized spacial score (nSPS) is 13.7. The van der Waals surface area contributed by atoms with Crippen LogP contribution in [0.15, 0.2) is 66.0 Å². The zero-order chi connectivity index (χ0) is 17.2. The second-order valence-corrected chi connectivity index (χ2v) is 6.83. The summed E-state index contributed by atoms with van der Waals surface area (Å²) in [6, 6.07) is 17.0. The van der Waals surface area contributed by atoms with Crippen molar-refractivity contribution in [2.75, 3.05) is 5.75 Å². The van der Waals surface area contributed by atoms with E-state index in [-0.39, 0.29) is 5.75 Å². The number of hydrogen-bond donors (Lipinski definition) is 0. The first kappa shape index (κ1) is 16.1. The van der Waals surface area contributed by atoms with Gasteiger partial charge in [0.05, 0.1) is 6.54 Å². The Morgan fingerprint density at radius 1 is 1.04 bits per heavy atom. The lowest BCUT2D eigenvalue weighted by Gasteiger charge is -2.09. The molecule has 0 spiro atoms. The summed E-state index contributed by atoms with van der Waals surface area (Å²) in [7, 11) is 0. The van der Waals surface area contributed by atoms with E-state index < -0.39 is 6.61 Å². The molecule has 0 saturated heterocycles. The zero-order valence-electron chi connectivity index (χ0n) is 13.4. The van der Waals surface area contributed by atoms with Gasteiger partial charge in [0.2, 0.25) is 0 Å². The van der Waals surface area contributed by atoms with Gasteiger partial charge in [-0.2, -0.15) is 13.3 Å². The van der Waals surface area contributed by atoms with Gasteiger partial charge < -0.3 is 4.74 Å². The third-order valence-corrected chi connectivity index (χ3v) is 5.29. The van der Waals surface area contributed by atoms with Crippen LogP contribution in [0.1, 0.15) is 6.42 Å². The second kappa shape index (κ2) is 6.88. The highest BCUT2D eigenvalue weighted by molar-refractivity contribution is 7.99. The van der Waals surface area contributed by atoms with Crippen molar-refractivity contribution in [1.29, 1.82) is 0 Å². The maximum absolute atomic E-state index is 12.4. The summed E-state index contributed by atoms with van der Waals surface area (Å²) in [5.41, 5.74) is 3.10. The standard InChI is InChI=1S/C19H17F2N2OS/c20-18(21)24-16-9-7-14(8-10-16)17-13-22-11-4-12-25-19(22)23(17)15-5-2-1-3-6-15/h1-3,5-10,13,18H,4,11-12H2/q+1. The fourth-order valence-corrected chi connectivity index (χ4v) is 4.13. The molecule has 25 heavy (non-hydrogen) atoms. The van der Waals surface area contributed by atoms with Crippen molar-refractivity contribution < 1.29 is 18.1 Å². The van der Waals surface area contributed by atoms with E-state index in [9.17, 15) is 8.78 Å². The summed E-state index contributed by atoms with van der Waals surface area (Å²) in [5, 5.41) is 1.19. The van der Waals surface area contributed by atoms with Crippen molar-refractivity contribution in [1.82, 2.24) is 4.57 Å². The van der Waals surface area contributed by atoms with Gasteiger partial charge in [0.25, 0.3) is 0 Å². The van der Waals surface area contributed by atoms with Crippen LogP contribution >= 0.6 is 11.8 Å². The Kier molecular flexibility index (Phi) is 4.44. The predicted octanol–water partition coefficient (Wildman–Crippen LogP) is 4.53. The van der Waals surface area contributed by atoms with Crippen LogP contribution in [0.2, 0.25) is 0 Å². The fourth-order valence-electron chi connectivity index (χ4n) is 3.04. The molecule has 0 radical (unpaired) electrons. The fraction of sp³-hybridized carbons (Fsp3) is 0.211. The molecule has 0 N–H and O–H groups in total. The minimum absolute atomic E-state index is 0.170. The number of ether oxygens (including phenoxy) is 1. The Morgan fingerprint density at radius 3 is 2.52 bits per heavy atom. The molecule has 2 aromatic carbocycles. The van der Waals surface area contributed by atoms with Gasteiger partial charge in [-0.05, 0) is 54.6 Å². The molecule has 0 amide bonds. The number of aromatic nitrogens is 2. The molecule has 1 aliphatic rings.